The average molecular weight is 453 g/mol. The Labute approximate surface area is 190 Å². The fourth-order valence-electron chi connectivity index (χ4n) is 2.89. The van der Waals surface area contributed by atoms with Gasteiger partial charge in [0, 0.05) is 17.0 Å². The van der Waals surface area contributed by atoms with Gasteiger partial charge in [-0.05, 0) is 42.8 Å². The Hall–Kier alpha value is -3.65. The van der Waals surface area contributed by atoms with E-state index in [9.17, 15) is 14.4 Å². The van der Waals surface area contributed by atoms with Gasteiger partial charge in [-0.15, -0.1) is 11.3 Å². The number of nitrogens with one attached hydrogen (secondary N) is 2. The zero-order chi connectivity index (χ0) is 22.9. The molecule has 2 amide bonds. The molecule has 7 nitrogen and oxygen atoms in total. The molecule has 2 aromatic carbocycles. The van der Waals surface area contributed by atoms with Crippen molar-refractivity contribution in [2.24, 2.45) is 0 Å². The first kappa shape index (κ1) is 23.0. The second kappa shape index (κ2) is 11.1. The van der Waals surface area contributed by atoms with Gasteiger partial charge >= 0.3 is 5.97 Å². The van der Waals surface area contributed by atoms with Crippen LogP contribution in [0.3, 0.4) is 0 Å². The summed E-state index contributed by atoms with van der Waals surface area (Å²) in [6.45, 7) is 2.50. The van der Waals surface area contributed by atoms with Crippen LogP contribution >= 0.6 is 11.3 Å². The molecule has 8 heteroatoms. The predicted octanol–water partition coefficient (Wildman–Crippen LogP) is 4.18. The van der Waals surface area contributed by atoms with E-state index < -0.39 is 5.97 Å². The molecule has 0 aliphatic heterocycles. The van der Waals surface area contributed by atoms with E-state index in [2.05, 4.69) is 10.6 Å². The van der Waals surface area contributed by atoms with E-state index in [4.69, 9.17) is 9.47 Å². The van der Waals surface area contributed by atoms with Crippen LogP contribution in [-0.4, -0.2) is 31.5 Å². The van der Waals surface area contributed by atoms with E-state index in [0.717, 1.165) is 16.2 Å². The smallest absolute Gasteiger partial charge is 0.340 e. The third kappa shape index (κ3) is 6.42. The van der Waals surface area contributed by atoms with Crippen molar-refractivity contribution >= 4 is 34.1 Å². The standard InChI is InChI=1S/C24H24N2O5S/c1-16-14-20(24(29)30-2)23(32-16)26-22(28)18-10-8-17(9-11-18)15-25-21(27)12-13-31-19-6-4-3-5-7-19/h3-11,14H,12-13,15H2,1-2H3,(H,25,27)(H,26,28). The van der Waals surface area contributed by atoms with Gasteiger partial charge in [-0.2, -0.15) is 0 Å². The second-order valence-electron chi connectivity index (χ2n) is 6.93. The number of aryl methyl sites for hydroxylation is 1. The summed E-state index contributed by atoms with van der Waals surface area (Å²) in [6.07, 6.45) is 0.248. The second-order valence-corrected chi connectivity index (χ2v) is 8.19. The fraction of sp³-hybridized carbons (Fsp3) is 0.208. The number of thiophene rings is 1. The van der Waals surface area contributed by atoms with E-state index in [0.29, 0.717) is 29.3 Å². The van der Waals surface area contributed by atoms with Gasteiger partial charge in [0.1, 0.15) is 10.8 Å². The van der Waals surface area contributed by atoms with Crippen LogP contribution in [0.5, 0.6) is 5.75 Å². The lowest BCUT2D eigenvalue weighted by molar-refractivity contribution is -0.121. The minimum atomic E-state index is -0.495. The van der Waals surface area contributed by atoms with Crippen molar-refractivity contribution in [3.8, 4) is 5.75 Å². The number of para-hydroxylation sites is 1. The van der Waals surface area contributed by atoms with Crippen LogP contribution in [0, 0.1) is 6.92 Å². The molecule has 0 radical (unpaired) electrons. The van der Waals surface area contributed by atoms with E-state index in [-0.39, 0.29) is 18.2 Å². The van der Waals surface area contributed by atoms with Gasteiger partial charge in [0.25, 0.3) is 5.91 Å². The molecular weight excluding hydrogens is 428 g/mol. The van der Waals surface area contributed by atoms with Gasteiger partial charge in [0.2, 0.25) is 5.91 Å². The molecule has 3 aromatic rings. The van der Waals surface area contributed by atoms with Crippen LogP contribution in [-0.2, 0) is 16.1 Å². The zero-order valence-electron chi connectivity index (χ0n) is 17.8. The van der Waals surface area contributed by atoms with Crippen LogP contribution in [0.25, 0.3) is 0 Å². The summed E-state index contributed by atoms with van der Waals surface area (Å²) in [6, 6.07) is 17.9. The first-order valence-electron chi connectivity index (χ1n) is 10.00. The lowest BCUT2D eigenvalue weighted by Gasteiger charge is -2.08. The number of hydrogen-bond donors (Lipinski definition) is 2. The number of esters is 1. The quantitative estimate of drug-likeness (QED) is 0.475. The lowest BCUT2D eigenvalue weighted by Crippen LogP contribution is -2.24. The minimum absolute atomic E-state index is 0.119. The summed E-state index contributed by atoms with van der Waals surface area (Å²) < 4.78 is 10.3. The molecule has 0 aliphatic rings. The molecule has 0 saturated carbocycles. The highest BCUT2D eigenvalue weighted by Crippen LogP contribution is 2.28. The van der Waals surface area contributed by atoms with Crippen molar-refractivity contribution in [1.29, 1.82) is 0 Å². The third-order valence-corrected chi connectivity index (χ3v) is 5.50. The topological polar surface area (TPSA) is 93.7 Å². The first-order chi connectivity index (χ1) is 15.5. The third-order valence-electron chi connectivity index (χ3n) is 4.53. The molecular formula is C24H24N2O5S. The Morgan fingerprint density at radius 3 is 2.41 bits per heavy atom. The van der Waals surface area contributed by atoms with Crippen molar-refractivity contribution in [3.63, 3.8) is 0 Å². The van der Waals surface area contributed by atoms with Gasteiger partial charge in [-0.1, -0.05) is 30.3 Å². The normalized spacial score (nSPS) is 10.3. The van der Waals surface area contributed by atoms with E-state index in [1.165, 1.54) is 18.4 Å². The molecule has 1 aromatic heterocycles. The Morgan fingerprint density at radius 1 is 1.00 bits per heavy atom. The van der Waals surface area contributed by atoms with E-state index >= 15 is 0 Å². The molecule has 0 atom stereocenters. The number of benzene rings is 2. The van der Waals surface area contributed by atoms with Crippen LogP contribution in [0.2, 0.25) is 0 Å². The van der Waals surface area contributed by atoms with Crippen LogP contribution in [0.1, 0.15) is 37.6 Å². The summed E-state index contributed by atoms with van der Waals surface area (Å²) >= 11 is 1.31. The number of anilines is 1. The molecule has 166 valence electrons. The van der Waals surface area contributed by atoms with E-state index in [1.54, 1.807) is 30.3 Å². The fourth-order valence-corrected chi connectivity index (χ4v) is 3.78. The number of hydrogen-bond acceptors (Lipinski definition) is 6. The summed E-state index contributed by atoms with van der Waals surface area (Å²) in [5, 5.41) is 6.05. The minimum Gasteiger partial charge on any atom is -0.493 e. The summed E-state index contributed by atoms with van der Waals surface area (Å²) in [5.41, 5.74) is 1.64. The number of carbonyl (C=O) groups excluding carboxylic acids is 3. The molecule has 0 unspecified atom stereocenters. The lowest BCUT2D eigenvalue weighted by atomic mass is 10.1. The van der Waals surface area contributed by atoms with Gasteiger partial charge in [-0.25, -0.2) is 4.79 Å². The summed E-state index contributed by atoms with van der Waals surface area (Å²) in [5.74, 6) is -0.215. The number of methoxy groups -OCH3 is 1. The molecule has 1 heterocycles. The maximum atomic E-state index is 12.6. The summed E-state index contributed by atoms with van der Waals surface area (Å²) in [7, 11) is 1.30. The monoisotopic (exact) mass is 452 g/mol. The highest BCUT2D eigenvalue weighted by molar-refractivity contribution is 7.16. The van der Waals surface area contributed by atoms with Crippen LogP contribution < -0.4 is 15.4 Å². The number of ether oxygens (including phenoxy) is 2. The molecule has 2 N–H and O–H groups in total. The Balaban J connectivity index is 1.48. The van der Waals surface area contributed by atoms with Gasteiger partial charge < -0.3 is 20.1 Å². The molecule has 0 fully saturated rings. The molecule has 0 bridgehead atoms. The van der Waals surface area contributed by atoms with Crippen LogP contribution in [0.15, 0.2) is 60.7 Å². The van der Waals surface area contributed by atoms with Gasteiger partial charge in [-0.3, -0.25) is 9.59 Å². The number of amides is 2. The van der Waals surface area contributed by atoms with Crippen molar-refractivity contribution in [2.75, 3.05) is 19.0 Å². The predicted molar refractivity (Wildman–Crippen MR) is 123 cm³/mol. The molecule has 0 spiro atoms. The number of carbonyl (C=O) groups is 3. The molecule has 0 aliphatic carbocycles. The maximum Gasteiger partial charge on any atom is 0.340 e. The van der Waals surface area contributed by atoms with Gasteiger partial charge in [0.15, 0.2) is 0 Å². The SMILES string of the molecule is COC(=O)c1cc(C)sc1NC(=O)c1ccc(CNC(=O)CCOc2ccccc2)cc1. The largest absolute Gasteiger partial charge is 0.493 e. The first-order valence-corrected chi connectivity index (χ1v) is 10.8. The molecule has 32 heavy (non-hydrogen) atoms. The zero-order valence-corrected chi connectivity index (χ0v) is 18.7. The average Bonchev–Trinajstić information content (AvgIpc) is 3.18. The van der Waals surface area contributed by atoms with Crippen molar-refractivity contribution in [1.82, 2.24) is 5.32 Å². The highest BCUT2D eigenvalue weighted by Gasteiger charge is 2.18. The van der Waals surface area contributed by atoms with Crippen molar-refractivity contribution < 1.29 is 23.9 Å². The Kier molecular flexibility index (Phi) is 7.99. The highest BCUT2D eigenvalue weighted by atomic mass is 32.1. The van der Waals surface area contributed by atoms with E-state index in [1.807, 2.05) is 37.3 Å². The molecule has 3 rings (SSSR count). The van der Waals surface area contributed by atoms with Crippen molar-refractivity contribution in [3.05, 3.63) is 82.2 Å². The molecule has 0 saturated heterocycles. The Bertz CT molecular complexity index is 1080. The maximum absolute atomic E-state index is 12.6. The van der Waals surface area contributed by atoms with Gasteiger partial charge in [0.05, 0.1) is 25.7 Å². The summed E-state index contributed by atoms with van der Waals surface area (Å²) in [4.78, 5) is 37.3. The Morgan fingerprint density at radius 2 is 1.72 bits per heavy atom. The number of rotatable bonds is 9. The van der Waals surface area contributed by atoms with Crippen LogP contribution in [0.4, 0.5) is 5.00 Å². The van der Waals surface area contributed by atoms with Crippen molar-refractivity contribution in [2.45, 2.75) is 19.9 Å².